The Hall–Kier alpha value is -2.43. The zero-order chi connectivity index (χ0) is 13.0. The molecule has 0 spiro atoms. The third-order valence-corrected chi connectivity index (χ3v) is 2.51. The first kappa shape index (κ1) is 12.0. The summed E-state index contributed by atoms with van der Waals surface area (Å²) in [6.07, 6.45) is 1.43. The molecule has 0 fully saturated rings. The SMILES string of the molecule is CC(Nc1ccnc(C(=O)O)n1)c1ccccc1. The van der Waals surface area contributed by atoms with Crippen LogP contribution < -0.4 is 5.32 Å². The zero-order valence-electron chi connectivity index (χ0n) is 9.87. The van der Waals surface area contributed by atoms with Gasteiger partial charge in [-0.15, -0.1) is 0 Å². The predicted octanol–water partition coefficient (Wildman–Crippen LogP) is 2.35. The summed E-state index contributed by atoms with van der Waals surface area (Å²) in [6.45, 7) is 1.98. The van der Waals surface area contributed by atoms with Gasteiger partial charge < -0.3 is 10.4 Å². The van der Waals surface area contributed by atoms with Crippen LogP contribution in [-0.4, -0.2) is 21.0 Å². The Morgan fingerprint density at radius 2 is 2.00 bits per heavy atom. The first-order valence-corrected chi connectivity index (χ1v) is 5.54. The summed E-state index contributed by atoms with van der Waals surface area (Å²) in [6, 6.07) is 11.5. The number of aromatic carboxylic acids is 1. The maximum absolute atomic E-state index is 10.8. The molecule has 0 saturated heterocycles. The van der Waals surface area contributed by atoms with Gasteiger partial charge >= 0.3 is 5.97 Å². The standard InChI is InChI=1S/C13H13N3O2/c1-9(10-5-3-2-4-6-10)15-11-7-8-14-12(16-11)13(17)18/h2-9H,1H3,(H,17,18)(H,14,15,16). The molecular formula is C13H13N3O2. The van der Waals surface area contributed by atoms with E-state index in [9.17, 15) is 4.79 Å². The van der Waals surface area contributed by atoms with Gasteiger partial charge in [-0.3, -0.25) is 0 Å². The smallest absolute Gasteiger partial charge is 0.374 e. The van der Waals surface area contributed by atoms with Crippen molar-refractivity contribution in [3.63, 3.8) is 0 Å². The van der Waals surface area contributed by atoms with Crippen molar-refractivity contribution in [1.29, 1.82) is 0 Å². The van der Waals surface area contributed by atoms with Gasteiger partial charge in [0.2, 0.25) is 5.82 Å². The minimum Gasteiger partial charge on any atom is -0.475 e. The summed E-state index contributed by atoms with van der Waals surface area (Å²) < 4.78 is 0. The van der Waals surface area contributed by atoms with Gasteiger partial charge in [-0.05, 0) is 18.6 Å². The molecular weight excluding hydrogens is 230 g/mol. The number of carboxylic acid groups (broad SMARTS) is 1. The largest absolute Gasteiger partial charge is 0.475 e. The van der Waals surface area contributed by atoms with E-state index < -0.39 is 5.97 Å². The van der Waals surface area contributed by atoms with Crippen molar-refractivity contribution < 1.29 is 9.90 Å². The molecule has 0 aliphatic heterocycles. The molecule has 92 valence electrons. The summed E-state index contributed by atoms with van der Waals surface area (Å²) >= 11 is 0. The molecule has 1 aromatic carbocycles. The molecule has 0 aliphatic rings. The number of rotatable bonds is 4. The first-order chi connectivity index (χ1) is 8.66. The van der Waals surface area contributed by atoms with Crippen LogP contribution in [0.15, 0.2) is 42.6 Å². The minimum atomic E-state index is -1.13. The molecule has 0 bridgehead atoms. The summed E-state index contributed by atoms with van der Waals surface area (Å²) in [4.78, 5) is 18.3. The monoisotopic (exact) mass is 243 g/mol. The second-order valence-electron chi connectivity index (χ2n) is 3.85. The van der Waals surface area contributed by atoms with E-state index >= 15 is 0 Å². The van der Waals surface area contributed by atoms with Crippen molar-refractivity contribution in [1.82, 2.24) is 9.97 Å². The van der Waals surface area contributed by atoms with Crippen LogP contribution in [0.4, 0.5) is 5.82 Å². The van der Waals surface area contributed by atoms with Crippen molar-refractivity contribution in [2.75, 3.05) is 5.32 Å². The summed E-state index contributed by atoms with van der Waals surface area (Å²) in [5.74, 6) is -0.843. The molecule has 1 heterocycles. The number of anilines is 1. The molecule has 1 aromatic heterocycles. The van der Waals surface area contributed by atoms with Crippen molar-refractivity contribution in [3.05, 3.63) is 54.0 Å². The molecule has 18 heavy (non-hydrogen) atoms. The van der Waals surface area contributed by atoms with Crippen LogP contribution in [0.3, 0.4) is 0 Å². The van der Waals surface area contributed by atoms with Crippen LogP contribution >= 0.6 is 0 Å². The van der Waals surface area contributed by atoms with Gasteiger partial charge in [0, 0.05) is 12.2 Å². The third-order valence-electron chi connectivity index (χ3n) is 2.51. The van der Waals surface area contributed by atoms with Crippen LogP contribution in [0.1, 0.15) is 29.1 Å². The van der Waals surface area contributed by atoms with E-state index in [1.165, 1.54) is 6.20 Å². The molecule has 1 unspecified atom stereocenters. The zero-order valence-corrected chi connectivity index (χ0v) is 9.87. The van der Waals surface area contributed by atoms with Gasteiger partial charge in [0.25, 0.3) is 0 Å². The maximum Gasteiger partial charge on any atom is 0.374 e. The van der Waals surface area contributed by atoms with E-state index in [2.05, 4.69) is 15.3 Å². The average molecular weight is 243 g/mol. The highest BCUT2D eigenvalue weighted by atomic mass is 16.4. The molecule has 2 rings (SSSR count). The molecule has 2 N–H and O–H groups in total. The van der Waals surface area contributed by atoms with E-state index in [0.29, 0.717) is 5.82 Å². The topological polar surface area (TPSA) is 75.1 Å². The Labute approximate surface area is 105 Å². The lowest BCUT2D eigenvalue weighted by Gasteiger charge is -2.14. The Morgan fingerprint density at radius 1 is 1.28 bits per heavy atom. The number of carboxylic acids is 1. The third kappa shape index (κ3) is 2.82. The first-order valence-electron chi connectivity index (χ1n) is 5.54. The molecule has 0 saturated carbocycles. The van der Waals surface area contributed by atoms with Gasteiger partial charge in [0.1, 0.15) is 5.82 Å². The van der Waals surface area contributed by atoms with Gasteiger partial charge in [0.15, 0.2) is 0 Å². The lowest BCUT2D eigenvalue weighted by molar-refractivity contribution is 0.0683. The Bertz CT molecular complexity index is 543. The molecule has 1 atom stereocenters. The molecule has 0 amide bonds. The van der Waals surface area contributed by atoms with Gasteiger partial charge in [-0.1, -0.05) is 30.3 Å². The van der Waals surface area contributed by atoms with E-state index in [4.69, 9.17) is 5.11 Å². The highest BCUT2D eigenvalue weighted by Crippen LogP contribution is 2.16. The Balaban J connectivity index is 2.14. The van der Waals surface area contributed by atoms with Crippen molar-refractivity contribution >= 4 is 11.8 Å². The number of hydrogen-bond donors (Lipinski definition) is 2. The Kier molecular flexibility index (Phi) is 3.52. The van der Waals surface area contributed by atoms with E-state index in [-0.39, 0.29) is 11.9 Å². The fourth-order valence-electron chi connectivity index (χ4n) is 1.59. The fraction of sp³-hybridized carbons (Fsp3) is 0.154. The Morgan fingerprint density at radius 3 is 2.67 bits per heavy atom. The number of nitrogens with zero attached hydrogens (tertiary/aromatic N) is 2. The minimum absolute atomic E-state index is 0.0442. The lowest BCUT2D eigenvalue weighted by atomic mass is 10.1. The molecule has 2 aromatic rings. The van der Waals surface area contributed by atoms with E-state index in [0.717, 1.165) is 5.56 Å². The second kappa shape index (κ2) is 5.27. The van der Waals surface area contributed by atoms with Crippen molar-refractivity contribution in [2.45, 2.75) is 13.0 Å². The van der Waals surface area contributed by atoms with E-state index in [1.807, 2.05) is 37.3 Å². The van der Waals surface area contributed by atoms with Gasteiger partial charge in [0.05, 0.1) is 0 Å². The van der Waals surface area contributed by atoms with Crippen molar-refractivity contribution in [2.24, 2.45) is 0 Å². The number of nitrogens with one attached hydrogen (secondary N) is 1. The molecule has 0 aliphatic carbocycles. The molecule has 5 heteroatoms. The number of carbonyl (C=O) groups is 1. The number of aromatic nitrogens is 2. The van der Waals surface area contributed by atoms with E-state index in [1.54, 1.807) is 6.07 Å². The normalized spacial score (nSPS) is 11.8. The second-order valence-corrected chi connectivity index (χ2v) is 3.85. The summed E-state index contributed by atoms with van der Waals surface area (Å²) in [5, 5.41) is 11.9. The number of hydrogen-bond acceptors (Lipinski definition) is 4. The predicted molar refractivity (Wildman–Crippen MR) is 67.5 cm³/mol. The highest BCUT2D eigenvalue weighted by Gasteiger charge is 2.09. The number of benzene rings is 1. The van der Waals surface area contributed by atoms with Crippen LogP contribution in [0.2, 0.25) is 0 Å². The lowest BCUT2D eigenvalue weighted by Crippen LogP contribution is -2.11. The highest BCUT2D eigenvalue weighted by molar-refractivity contribution is 5.83. The summed E-state index contributed by atoms with van der Waals surface area (Å²) in [7, 11) is 0. The fourth-order valence-corrected chi connectivity index (χ4v) is 1.59. The van der Waals surface area contributed by atoms with Crippen LogP contribution in [-0.2, 0) is 0 Å². The average Bonchev–Trinajstić information content (AvgIpc) is 2.40. The van der Waals surface area contributed by atoms with Crippen LogP contribution in [0, 0.1) is 0 Å². The summed E-state index contributed by atoms with van der Waals surface area (Å²) in [5.41, 5.74) is 1.10. The van der Waals surface area contributed by atoms with Gasteiger partial charge in [-0.25, -0.2) is 14.8 Å². The van der Waals surface area contributed by atoms with Gasteiger partial charge in [-0.2, -0.15) is 0 Å². The molecule has 0 radical (unpaired) electrons. The molecule has 5 nitrogen and oxygen atoms in total. The van der Waals surface area contributed by atoms with Crippen LogP contribution in [0.5, 0.6) is 0 Å². The maximum atomic E-state index is 10.8. The quantitative estimate of drug-likeness (QED) is 0.862. The van der Waals surface area contributed by atoms with Crippen molar-refractivity contribution in [3.8, 4) is 0 Å². The van der Waals surface area contributed by atoms with Crippen LogP contribution in [0.25, 0.3) is 0 Å².